The SMILES string of the molecule is COc1ccc(C)cc1NC(=O)[C@@H](Nc1cccc(NC(C)=O)c1)c1ccccc1. The summed E-state index contributed by atoms with van der Waals surface area (Å²) in [6.07, 6.45) is 0. The first kappa shape index (κ1) is 20.9. The molecule has 0 fully saturated rings. The van der Waals surface area contributed by atoms with E-state index in [2.05, 4.69) is 16.0 Å². The fraction of sp³-hybridized carbons (Fsp3) is 0.167. The van der Waals surface area contributed by atoms with Gasteiger partial charge in [-0.1, -0.05) is 42.5 Å². The highest BCUT2D eigenvalue weighted by Gasteiger charge is 2.22. The molecule has 0 heterocycles. The Morgan fingerprint density at radius 1 is 0.867 bits per heavy atom. The van der Waals surface area contributed by atoms with Gasteiger partial charge in [0.15, 0.2) is 0 Å². The number of aryl methyl sites for hydroxylation is 1. The Morgan fingerprint density at radius 3 is 2.30 bits per heavy atom. The van der Waals surface area contributed by atoms with Gasteiger partial charge in [0.1, 0.15) is 11.8 Å². The van der Waals surface area contributed by atoms with Gasteiger partial charge in [0.2, 0.25) is 5.91 Å². The lowest BCUT2D eigenvalue weighted by molar-refractivity contribution is -0.117. The van der Waals surface area contributed by atoms with E-state index >= 15 is 0 Å². The first-order valence-corrected chi connectivity index (χ1v) is 9.61. The molecule has 3 aromatic rings. The van der Waals surface area contributed by atoms with Crippen molar-refractivity contribution in [2.45, 2.75) is 19.9 Å². The van der Waals surface area contributed by atoms with Crippen molar-refractivity contribution in [3.63, 3.8) is 0 Å². The zero-order valence-electron chi connectivity index (χ0n) is 17.2. The second-order valence-electron chi connectivity index (χ2n) is 6.94. The topological polar surface area (TPSA) is 79.5 Å². The standard InChI is InChI=1S/C24H25N3O3/c1-16-12-13-22(30-3)21(14-16)27-24(29)23(18-8-5-4-6-9-18)26-20-11-7-10-19(15-20)25-17(2)28/h4-15,23,26H,1-3H3,(H,25,28)(H,27,29)/t23-/m0/s1. The quantitative estimate of drug-likeness (QED) is 0.532. The number of nitrogens with one attached hydrogen (secondary N) is 3. The molecule has 6 nitrogen and oxygen atoms in total. The number of benzene rings is 3. The molecule has 0 unspecified atom stereocenters. The van der Waals surface area contributed by atoms with Crippen LogP contribution in [0.25, 0.3) is 0 Å². The van der Waals surface area contributed by atoms with Gasteiger partial charge in [-0.2, -0.15) is 0 Å². The van der Waals surface area contributed by atoms with Crippen molar-refractivity contribution < 1.29 is 14.3 Å². The molecule has 0 aliphatic heterocycles. The molecule has 0 spiro atoms. The minimum absolute atomic E-state index is 0.156. The Kier molecular flexibility index (Phi) is 6.70. The third-order valence-electron chi connectivity index (χ3n) is 4.50. The Bertz CT molecular complexity index is 1030. The van der Waals surface area contributed by atoms with Crippen LogP contribution in [-0.4, -0.2) is 18.9 Å². The van der Waals surface area contributed by atoms with E-state index in [1.807, 2.05) is 67.6 Å². The number of hydrogen-bond acceptors (Lipinski definition) is 4. The van der Waals surface area contributed by atoms with Gasteiger partial charge in [-0.25, -0.2) is 0 Å². The summed E-state index contributed by atoms with van der Waals surface area (Å²) in [6, 6.07) is 21.7. The first-order chi connectivity index (χ1) is 14.5. The van der Waals surface area contributed by atoms with Crippen LogP contribution in [0, 0.1) is 6.92 Å². The van der Waals surface area contributed by atoms with Gasteiger partial charge in [0, 0.05) is 18.3 Å². The molecule has 3 N–H and O–H groups in total. The van der Waals surface area contributed by atoms with Gasteiger partial charge in [0.25, 0.3) is 5.91 Å². The van der Waals surface area contributed by atoms with Crippen molar-refractivity contribution >= 4 is 28.9 Å². The van der Waals surface area contributed by atoms with Crippen LogP contribution in [0.5, 0.6) is 5.75 Å². The zero-order valence-corrected chi connectivity index (χ0v) is 17.2. The maximum atomic E-state index is 13.3. The molecule has 154 valence electrons. The predicted octanol–water partition coefficient (Wildman–Crippen LogP) is 4.75. The van der Waals surface area contributed by atoms with Crippen molar-refractivity contribution in [3.05, 3.63) is 83.9 Å². The average Bonchev–Trinajstić information content (AvgIpc) is 2.72. The lowest BCUT2D eigenvalue weighted by atomic mass is 10.1. The van der Waals surface area contributed by atoms with E-state index in [-0.39, 0.29) is 11.8 Å². The van der Waals surface area contributed by atoms with E-state index < -0.39 is 6.04 Å². The molecular formula is C24H25N3O3. The Hall–Kier alpha value is -3.80. The largest absolute Gasteiger partial charge is 0.495 e. The van der Waals surface area contributed by atoms with Crippen molar-refractivity contribution in [2.24, 2.45) is 0 Å². The molecule has 30 heavy (non-hydrogen) atoms. The van der Waals surface area contributed by atoms with Crippen LogP contribution in [0.4, 0.5) is 17.1 Å². The fourth-order valence-corrected chi connectivity index (χ4v) is 3.13. The summed E-state index contributed by atoms with van der Waals surface area (Å²) in [5, 5.41) is 9.00. The number of carbonyl (C=O) groups is 2. The fourth-order valence-electron chi connectivity index (χ4n) is 3.13. The minimum Gasteiger partial charge on any atom is -0.495 e. The van der Waals surface area contributed by atoms with Crippen LogP contribution in [0.15, 0.2) is 72.8 Å². The second kappa shape index (κ2) is 9.60. The predicted molar refractivity (Wildman–Crippen MR) is 120 cm³/mol. The Labute approximate surface area is 176 Å². The first-order valence-electron chi connectivity index (χ1n) is 9.61. The number of anilines is 3. The summed E-state index contributed by atoms with van der Waals surface area (Å²) in [7, 11) is 1.57. The van der Waals surface area contributed by atoms with E-state index in [1.54, 1.807) is 19.2 Å². The molecule has 0 aromatic heterocycles. The lowest BCUT2D eigenvalue weighted by Crippen LogP contribution is -2.27. The molecular weight excluding hydrogens is 378 g/mol. The van der Waals surface area contributed by atoms with Crippen molar-refractivity contribution in [1.82, 2.24) is 0 Å². The molecule has 0 saturated heterocycles. The number of amides is 2. The number of carbonyl (C=O) groups excluding carboxylic acids is 2. The third-order valence-corrected chi connectivity index (χ3v) is 4.50. The molecule has 0 bridgehead atoms. The van der Waals surface area contributed by atoms with Crippen molar-refractivity contribution in [3.8, 4) is 5.75 Å². The molecule has 2 amide bonds. The molecule has 0 radical (unpaired) electrons. The monoisotopic (exact) mass is 403 g/mol. The van der Waals surface area contributed by atoms with Gasteiger partial charge in [0.05, 0.1) is 12.8 Å². The van der Waals surface area contributed by atoms with E-state index in [0.717, 1.165) is 11.1 Å². The highest BCUT2D eigenvalue weighted by Crippen LogP contribution is 2.28. The Morgan fingerprint density at radius 2 is 1.60 bits per heavy atom. The van der Waals surface area contributed by atoms with Crippen molar-refractivity contribution in [1.29, 1.82) is 0 Å². The zero-order chi connectivity index (χ0) is 21.5. The highest BCUT2D eigenvalue weighted by molar-refractivity contribution is 5.98. The third kappa shape index (κ3) is 5.38. The van der Waals surface area contributed by atoms with Crippen molar-refractivity contribution in [2.75, 3.05) is 23.1 Å². The van der Waals surface area contributed by atoms with E-state index in [0.29, 0.717) is 22.8 Å². The molecule has 3 rings (SSSR count). The van der Waals surface area contributed by atoms with Crippen LogP contribution < -0.4 is 20.7 Å². The van der Waals surface area contributed by atoms with Crippen LogP contribution in [0.1, 0.15) is 24.1 Å². The molecule has 0 aliphatic carbocycles. The van der Waals surface area contributed by atoms with E-state index in [9.17, 15) is 9.59 Å². The van der Waals surface area contributed by atoms with Gasteiger partial charge in [-0.15, -0.1) is 0 Å². The van der Waals surface area contributed by atoms with Gasteiger partial charge < -0.3 is 20.7 Å². The molecule has 0 saturated carbocycles. The minimum atomic E-state index is -0.649. The summed E-state index contributed by atoms with van der Waals surface area (Å²) in [6.45, 7) is 3.41. The smallest absolute Gasteiger partial charge is 0.251 e. The lowest BCUT2D eigenvalue weighted by Gasteiger charge is -2.21. The van der Waals surface area contributed by atoms with Crippen LogP contribution in [0.3, 0.4) is 0 Å². The number of methoxy groups -OCH3 is 1. The van der Waals surface area contributed by atoms with Crippen LogP contribution in [0.2, 0.25) is 0 Å². The molecule has 1 atom stereocenters. The van der Waals surface area contributed by atoms with Gasteiger partial charge >= 0.3 is 0 Å². The van der Waals surface area contributed by atoms with Crippen LogP contribution >= 0.6 is 0 Å². The number of hydrogen-bond donors (Lipinski definition) is 3. The van der Waals surface area contributed by atoms with E-state index in [1.165, 1.54) is 6.92 Å². The number of rotatable bonds is 7. The maximum absolute atomic E-state index is 13.3. The van der Waals surface area contributed by atoms with Gasteiger partial charge in [-0.05, 0) is 48.4 Å². The highest BCUT2D eigenvalue weighted by atomic mass is 16.5. The molecule has 0 aliphatic rings. The maximum Gasteiger partial charge on any atom is 0.251 e. The van der Waals surface area contributed by atoms with E-state index in [4.69, 9.17) is 4.74 Å². The molecule has 6 heteroatoms. The summed E-state index contributed by atoms with van der Waals surface area (Å²) < 4.78 is 5.38. The normalized spacial score (nSPS) is 11.3. The van der Waals surface area contributed by atoms with Gasteiger partial charge in [-0.3, -0.25) is 9.59 Å². The summed E-state index contributed by atoms with van der Waals surface area (Å²) in [5.41, 5.74) is 3.80. The average molecular weight is 403 g/mol. The molecule has 3 aromatic carbocycles. The summed E-state index contributed by atoms with van der Waals surface area (Å²) in [5.74, 6) is 0.208. The summed E-state index contributed by atoms with van der Waals surface area (Å²) >= 11 is 0. The van der Waals surface area contributed by atoms with Crippen LogP contribution in [-0.2, 0) is 9.59 Å². The second-order valence-corrected chi connectivity index (χ2v) is 6.94. The number of ether oxygens (including phenoxy) is 1. The Balaban J connectivity index is 1.89. The summed E-state index contributed by atoms with van der Waals surface area (Å²) in [4.78, 5) is 24.6.